The first-order valence-electron chi connectivity index (χ1n) is 6.67. The number of aliphatic carboxylic acids is 1. The maximum Gasteiger partial charge on any atom is 0.303 e. The van der Waals surface area contributed by atoms with Gasteiger partial charge in [-0.2, -0.15) is 0 Å². The highest BCUT2D eigenvalue weighted by atomic mass is 79.9. The number of anilines is 1. The number of halogens is 1. The molecule has 0 aliphatic carbocycles. The lowest BCUT2D eigenvalue weighted by Crippen LogP contribution is -2.04. The number of carboxylic acids is 1. The van der Waals surface area contributed by atoms with E-state index in [4.69, 9.17) is 5.11 Å². The number of carbonyl (C=O) groups is 1. The zero-order chi connectivity index (χ0) is 14.4. The second-order valence-electron chi connectivity index (χ2n) is 4.63. The molecular formula is C15H17BrN2O2. The van der Waals surface area contributed by atoms with E-state index in [1.54, 1.807) is 6.20 Å². The SMILES string of the molecule is O=C(O)CCCCCNc1nccc2c(Br)cccc12. The molecule has 0 bridgehead atoms. The van der Waals surface area contributed by atoms with Crippen LogP contribution in [0.1, 0.15) is 25.7 Å². The number of pyridine rings is 1. The Bertz CT molecular complexity index is 601. The zero-order valence-corrected chi connectivity index (χ0v) is 12.7. The first kappa shape index (κ1) is 14.8. The maximum absolute atomic E-state index is 10.4. The van der Waals surface area contributed by atoms with E-state index >= 15 is 0 Å². The van der Waals surface area contributed by atoms with Gasteiger partial charge in [0.05, 0.1) is 0 Å². The van der Waals surface area contributed by atoms with Gasteiger partial charge in [-0.3, -0.25) is 4.79 Å². The van der Waals surface area contributed by atoms with Gasteiger partial charge in [-0.25, -0.2) is 4.98 Å². The predicted molar refractivity (Wildman–Crippen MR) is 84.0 cm³/mol. The van der Waals surface area contributed by atoms with E-state index in [9.17, 15) is 4.79 Å². The molecule has 106 valence electrons. The number of hydrogen-bond acceptors (Lipinski definition) is 3. The fourth-order valence-corrected chi connectivity index (χ4v) is 2.59. The monoisotopic (exact) mass is 336 g/mol. The third-order valence-electron chi connectivity index (χ3n) is 3.11. The lowest BCUT2D eigenvalue weighted by molar-refractivity contribution is -0.137. The van der Waals surface area contributed by atoms with Crippen LogP contribution < -0.4 is 5.32 Å². The third kappa shape index (κ3) is 3.93. The zero-order valence-electron chi connectivity index (χ0n) is 11.1. The summed E-state index contributed by atoms with van der Waals surface area (Å²) in [6.07, 6.45) is 4.62. The first-order chi connectivity index (χ1) is 9.68. The largest absolute Gasteiger partial charge is 0.481 e. The average Bonchev–Trinajstić information content (AvgIpc) is 2.43. The molecule has 0 atom stereocenters. The van der Waals surface area contributed by atoms with E-state index in [-0.39, 0.29) is 6.42 Å². The highest BCUT2D eigenvalue weighted by Crippen LogP contribution is 2.27. The Morgan fingerprint density at radius 3 is 2.85 bits per heavy atom. The van der Waals surface area contributed by atoms with E-state index in [2.05, 4.69) is 26.2 Å². The van der Waals surface area contributed by atoms with Gasteiger partial charge in [0, 0.05) is 34.4 Å². The average molecular weight is 337 g/mol. The van der Waals surface area contributed by atoms with Gasteiger partial charge in [0.1, 0.15) is 5.82 Å². The molecule has 1 aromatic carbocycles. The number of carboxylic acid groups (broad SMARTS) is 1. The minimum Gasteiger partial charge on any atom is -0.481 e. The topological polar surface area (TPSA) is 62.2 Å². The van der Waals surface area contributed by atoms with Crippen LogP contribution in [-0.4, -0.2) is 22.6 Å². The van der Waals surface area contributed by atoms with Crippen LogP contribution in [0.2, 0.25) is 0 Å². The standard InChI is InChI=1S/C15H17BrN2O2/c16-13-6-4-5-12-11(13)8-10-18-15(12)17-9-3-1-2-7-14(19)20/h4-6,8,10H,1-3,7,9H2,(H,17,18)(H,19,20). The molecule has 0 aliphatic rings. The summed E-state index contributed by atoms with van der Waals surface area (Å²) in [7, 11) is 0. The molecule has 0 amide bonds. The van der Waals surface area contributed by atoms with E-state index in [0.717, 1.165) is 46.9 Å². The number of benzene rings is 1. The number of unbranched alkanes of at least 4 members (excludes halogenated alkanes) is 2. The van der Waals surface area contributed by atoms with Crippen molar-refractivity contribution in [1.82, 2.24) is 4.98 Å². The molecule has 5 heteroatoms. The van der Waals surface area contributed by atoms with Crippen LogP contribution in [0.15, 0.2) is 34.9 Å². The van der Waals surface area contributed by atoms with E-state index in [0.29, 0.717) is 0 Å². The van der Waals surface area contributed by atoms with Gasteiger partial charge in [-0.05, 0) is 25.0 Å². The summed E-state index contributed by atoms with van der Waals surface area (Å²) in [6.45, 7) is 0.804. The van der Waals surface area contributed by atoms with Gasteiger partial charge < -0.3 is 10.4 Å². The van der Waals surface area contributed by atoms with Crippen molar-refractivity contribution in [3.63, 3.8) is 0 Å². The van der Waals surface area contributed by atoms with E-state index in [1.165, 1.54) is 0 Å². The van der Waals surface area contributed by atoms with Crippen LogP contribution in [-0.2, 0) is 4.79 Å². The summed E-state index contributed by atoms with van der Waals surface area (Å²) in [5.41, 5.74) is 0. The summed E-state index contributed by atoms with van der Waals surface area (Å²) >= 11 is 3.54. The Morgan fingerprint density at radius 1 is 1.20 bits per heavy atom. The number of nitrogens with one attached hydrogen (secondary N) is 1. The molecule has 0 aliphatic heterocycles. The van der Waals surface area contributed by atoms with Crippen LogP contribution >= 0.6 is 15.9 Å². The van der Waals surface area contributed by atoms with Crippen LogP contribution in [0.5, 0.6) is 0 Å². The van der Waals surface area contributed by atoms with Crippen LogP contribution in [0.3, 0.4) is 0 Å². The molecule has 2 rings (SSSR count). The van der Waals surface area contributed by atoms with Crippen molar-refractivity contribution in [2.75, 3.05) is 11.9 Å². The van der Waals surface area contributed by atoms with Gasteiger partial charge in [0.2, 0.25) is 0 Å². The molecule has 0 fully saturated rings. The van der Waals surface area contributed by atoms with Crippen molar-refractivity contribution in [2.24, 2.45) is 0 Å². The van der Waals surface area contributed by atoms with Gasteiger partial charge >= 0.3 is 5.97 Å². The molecule has 0 saturated carbocycles. The molecule has 20 heavy (non-hydrogen) atoms. The summed E-state index contributed by atoms with van der Waals surface area (Å²) < 4.78 is 1.06. The molecule has 2 N–H and O–H groups in total. The Morgan fingerprint density at radius 2 is 2.05 bits per heavy atom. The van der Waals surface area contributed by atoms with Crippen molar-refractivity contribution in [3.8, 4) is 0 Å². The predicted octanol–water partition coefficient (Wildman–Crippen LogP) is 4.05. The Hall–Kier alpha value is -1.62. The minimum atomic E-state index is -0.724. The summed E-state index contributed by atoms with van der Waals surface area (Å²) in [5, 5.41) is 14.1. The molecule has 0 unspecified atom stereocenters. The molecule has 1 heterocycles. The fourth-order valence-electron chi connectivity index (χ4n) is 2.09. The summed E-state index contributed by atoms with van der Waals surface area (Å²) in [6, 6.07) is 8.03. The van der Waals surface area contributed by atoms with Crippen molar-refractivity contribution in [1.29, 1.82) is 0 Å². The summed E-state index contributed by atoms with van der Waals surface area (Å²) in [4.78, 5) is 14.8. The second kappa shape index (κ2) is 7.24. The molecule has 1 aromatic heterocycles. The van der Waals surface area contributed by atoms with Crippen molar-refractivity contribution in [2.45, 2.75) is 25.7 Å². The molecular weight excluding hydrogens is 320 g/mol. The third-order valence-corrected chi connectivity index (χ3v) is 3.80. The highest BCUT2D eigenvalue weighted by molar-refractivity contribution is 9.10. The van der Waals surface area contributed by atoms with Gasteiger partial charge in [0.15, 0.2) is 0 Å². The lowest BCUT2D eigenvalue weighted by Gasteiger charge is -2.09. The quantitative estimate of drug-likeness (QED) is 0.748. The fraction of sp³-hybridized carbons (Fsp3) is 0.333. The smallest absolute Gasteiger partial charge is 0.303 e. The number of nitrogens with zero attached hydrogens (tertiary/aromatic N) is 1. The van der Waals surface area contributed by atoms with Gasteiger partial charge in [-0.1, -0.05) is 34.5 Å². The van der Waals surface area contributed by atoms with Gasteiger partial charge in [-0.15, -0.1) is 0 Å². The van der Waals surface area contributed by atoms with Crippen LogP contribution in [0.25, 0.3) is 10.8 Å². The Balaban J connectivity index is 1.90. The highest BCUT2D eigenvalue weighted by Gasteiger charge is 2.04. The number of aromatic nitrogens is 1. The first-order valence-corrected chi connectivity index (χ1v) is 7.46. The molecule has 0 saturated heterocycles. The van der Waals surface area contributed by atoms with E-state index < -0.39 is 5.97 Å². The van der Waals surface area contributed by atoms with Crippen molar-refractivity contribution < 1.29 is 9.90 Å². The summed E-state index contributed by atoms with van der Waals surface area (Å²) in [5.74, 6) is 0.153. The van der Waals surface area contributed by atoms with E-state index in [1.807, 2.05) is 24.3 Å². The van der Waals surface area contributed by atoms with Crippen molar-refractivity contribution >= 4 is 38.5 Å². The van der Waals surface area contributed by atoms with Crippen LogP contribution in [0, 0.1) is 0 Å². The molecule has 0 radical (unpaired) electrons. The maximum atomic E-state index is 10.4. The van der Waals surface area contributed by atoms with Crippen LogP contribution in [0.4, 0.5) is 5.82 Å². The normalized spacial score (nSPS) is 10.7. The molecule has 2 aromatic rings. The number of fused-ring (bicyclic) bond motifs is 1. The lowest BCUT2D eigenvalue weighted by atomic mass is 10.1. The second-order valence-corrected chi connectivity index (χ2v) is 5.48. The van der Waals surface area contributed by atoms with Crippen molar-refractivity contribution in [3.05, 3.63) is 34.9 Å². The number of rotatable bonds is 7. The molecule has 0 spiro atoms. The number of hydrogen-bond donors (Lipinski definition) is 2. The Labute approximate surface area is 126 Å². The molecule has 4 nitrogen and oxygen atoms in total. The Kier molecular flexibility index (Phi) is 5.35. The minimum absolute atomic E-state index is 0.249. The van der Waals surface area contributed by atoms with Gasteiger partial charge in [0.25, 0.3) is 0 Å².